The van der Waals surface area contributed by atoms with Gasteiger partial charge in [0, 0.05) is 18.4 Å². The van der Waals surface area contributed by atoms with Gasteiger partial charge in [-0.3, -0.25) is 9.59 Å². The molecular weight excluding hydrogens is 459 g/mol. The number of aromatic hydroxyl groups is 1. The summed E-state index contributed by atoms with van der Waals surface area (Å²) in [6, 6.07) is 9.02. The first-order valence-electron chi connectivity index (χ1n) is 10.2. The molecule has 184 valence electrons. The van der Waals surface area contributed by atoms with Gasteiger partial charge in [0.1, 0.15) is 17.2 Å². The molecule has 0 radical (unpaired) electrons. The van der Waals surface area contributed by atoms with E-state index >= 15 is 0 Å². The molecule has 0 bridgehead atoms. The predicted octanol–water partition coefficient (Wildman–Crippen LogP) is 4.05. The normalized spacial score (nSPS) is 11.0. The van der Waals surface area contributed by atoms with Crippen LogP contribution in [0, 0.1) is 0 Å². The molecule has 0 unspecified atom stereocenters. The number of rotatable bonds is 10. The number of phenols is 1. The highest BCUT2D eigenvalue weighted by Crippen LogP contribution is 2.35. The first kappa shape index (κ1) is 26.5. The minimum Gasteiger partial charge on any atom is -0.507 e. The molecule has 11 heteroatoms. The molecule has 0 heterocycles. The zero-order chi connectivity index (χ0) is 25.3. The van der Waals surface area contributed by atoms with Gasteiger partial charge in [0.25, 0.3) is 0 Å². The fourth-order valence-electron chi connectivity index (χ4n) is 2.93. The highest BCUT2D eigenvalue weighted by molar-refractivity contribution is 6.37. The zero-order valence-corrected chi connectivity index (χ0v) is 18.5. The van der Waals surface area contributed by atoms with Gasteiger partial charge in [0.15, 0.2) is 5.78 Å². The number of para-hydroxylation sites is 2. The Balaban J connectivity index is 1.99. The number of phenolic OH excluding ortho intramolecular Hbond substituents is 1. The van der Waals surface area contributed by atoms with Crippen LogP contribution in [0.2, 0.25) is 0 Å². The van der Waals surface area contributed by atoms with E-state index in [1.54, 1.807) is 18.2 Å². The van der Waals surface area contributed by atoms with Crippen LogP contribution in [0.4, 0.5) is 18.9 Å². The predicted molar refractivity (Wildman–Crippen MR) is 115 cm³/mol. The molecule has 0 aliphatic rings. The number of methoxy groups -OCH3 is 1. The lowest BCUT2D eigenvalue weighted by Crippen LogP contribution is -2.24. The molecule has 2 rings (SSSR count). The summed E-state index contributed by atoms with van der Waals surface area (Å²) in [5.41, 5.74) is 0.0678. The lowest BCUT2D eigenvalue weighted by Gasteiger charge is -2.16. The van der Waals surface area contributed by atoms with Crippen molar-refractivity contribution < 1.29 is 46.9 Å². The number of nitrogens with one attached hydrogen (secondary N) is 1. The third-order valence-corrected chi connectivity index (χ3v) is 4.59. The van der Waals surface area contributed by atoms with Crippen molar-refractivity contribution in [3.05, 3.63) is 47.5 Å². The van der Waals surface area contributed by atoms with Crippen LogP contribution in [0.15, 0.2) is 36.4 Å². The Kier molecular flexibility index (Phi) is 9.28. The largest absolute Gasteiger partial charge is 0.507 e. The van der Waals surface area contributed by atoms with E-state index in [0.717, 1.165) is 7.11 Å². The highest BCUT2D eigenvalue weighted by atomic mass is 19.4. The SMILES string of the molecule is COC(=O)C(=O)Nc1ccccc1OCCCOc1ccc(C(C)=O)c(O)c1CCC(F)(F)F. The van der Waals surface area contributed by atoms with Crippen molar-refractivity contribution >= 4 is 23.3 Å². The second-order valence-electron chi connectivity index (χ2n) is 7.10. The molecule has 0 aliphatic heterocycles. The van der Waals surface area contributed by atoms with E-state index in [9.17, 15) is 32.7 Å². The third-order valence-electron chi connectivity index (χ3n) is 4.59. The van der Waals surface area contributed by atoms with Gasteiger partial charge < -0.3 is 24.6 Å². The summed E-state index contributed by atoms with van der Waals surface area (Å²) in [7, 11) is 1.08. The van der Waals surface area contributed by atoms with Gasteiger partial charge in [-0.1, -0.05) is 12.1 Å². The van der Waals surface area contributed by atoms with Crippen molar-refractivity contribution in [1.82, 2.24) is 0 Å². The molecule has 2 aromatic rings. The summed E-state index contributed by atoms with van der Waals surface area (Å²) in [5.74, 6) is -2.72. The van der Waals surface area contributed by atoms with Crippen LogP contribution in [0.1, 0.15) is 35.7 Å². The van der Waals surface area contributed by atoms with Crippen LogP contribution in [0.5, 0.6) is 17.2 Å². The monoisotopic (exact) mass is 483 g/mol. The number of hydrogen-bond acceptors (Lipinski definition) is 7. The van der Waals surface area contributed by atoms with E-state index in [2.05, 4.69) is 10.1 Å². The molecule has 0 saturated heterocycles. The summed E-state index contributed by atoms with van der Waals surface area (Å²) in [6.07, 6.45) is -5.88. The molecule has 34 heavy (non-hydrogen) atoms. The molecule has 0 aromatic heterocycles. The number of benzene rings is 2. The minimum atomic E-state index is -4.44. The summed E-state index contributed by atoms with van der Waals surface area (Å²) >= 11 is 0. The maximum Gasteiger partial charge on any atom is 0.396 e. The lowest BCUT2D eigenvalue weighted by molar-refractivity contribution is -0.150. The first-order valence-corrected chi connectivity index (χ1v) is 10.2. The Labute approximate surface area is 193 Å². The Morgan fingerprint density at radius 3 is 2.26 bits per heavy atom. The number of halogens is 3. The Bertz CT molecular complexity index is 1040. The third kappa shape index (κ3) is 7.68. The van der Waals surface area contributed by atoms with E-state index in [1.165, 1.54) is 25.1 Å². The molecule has 8 nitrogen and oxygen atoms in total. The maximum atomic E-state index is 12.7. The van der Waals surface area contributed by atoms with Crippen LogP contribution >= 0.6 is 0 Å². The van der Waals surface area contributed by atoms with Crippen LogP contribution in [-0.2, 0) is 20.7 Å². The summed E-state index contributed by atoms with van der Waals surface area (Å²) in [6.45, 7) is 1.35. The number of alkyl halides is 3. The summed E-state index contributed by atoms with van der Waals surface area (Å²) in [5, 5.41) is 12.7. The average Bonchev–Trinajstić information content (AvgIpc) is 2.77. The highest BCUT2D eigenvalue weighted by Gasteiger charge is 2.29. The topological polar surface area (TPSA) is 111 Å². The summed E-state index contributed by atoms with van der Waals surface area (Å²) in [4.78, 5) is 34.6. The summed E-state index contributed by atoms with van der Waals surface area (Å²) < 4.78 is 53.6. The van der Waals surface area contributed by atoms with E-state index in [0.29, 0.717) is 6.42 Å². The first-order chi connectivity index (χ1) is 16.0. The number of ketones is 1. The molecule has 0 fully saturated rings. The van der Waals surface area contributed by atoms with Crippen molar-refractivity contribution in [2.45, 2.75) is 32.4 Å². The van der Waals surface area contributed by atoms with Crippen LogP contribution in [0.3, 0.4) is 0 Å². The Morgan fingerprint density at radius 1 is 1.00 bits per heavy atom. The Morgan fingerprint density at radius 2 is 1.65 bits per heavy atom. The van der Waals surface area contributed by atoms with Crippen molar-refractivity contribution in [3.63, 3.8) is 0 Å². The number of hydrogen-bond donors (Lipinski definition) is 2. The van der Waals surface area contributed by atoms with E-state index in [1.807, 2.05) is 0 Å². The van der Waals surface area contributed by atoms with Gasteiger partial charge in [-0.2, -0.15) is 13.2 Å². The zero-order valence-electron chi connectivity index (χ0n) is 18.5. The lowest BCUT2D eigenvalue weighted by atomic mass is 10.0. The molecule has 2 N–H and O–H groups in total. The molecule has 2 aromatic carbocycles. The van der Waals surface area contributed by atoms with Gasteiger partial charge in [-0.25, -0.2) is 4.79 Å². The van der Waals surface area contributed by atoms with Gasteiger partial charge in [0.2, 0.25) is 0 Å². The standard InChI is InChI=1S/C23H24F3NO7/c1-14(28)15-8-9-18(16(20(15)29)10-11-23(24,25)26)33-12-5-13-34-19-7-4-3-6-17(19)27-21(30)22(31)32-2/h3-4,6-9,29H,5,10-13H2,1-2H3,(H,27,30). The van der Waals surface area contributed by atoms with E-state index in [-0.39, 0.29) is 41.5 Å². The number of carbonyl (C=O) groups is 3. The number of esters is 1. The molecule has 0 atom stereocenters. The van der Waals surface area contributed by atoms with E-state index in [4.69, 9.17) is 9.47 Å². The number of amides is 1. The smallest absolute Gasteiger partial charge is 0.396 e. The number of Topliss-reactive ketones (excluding diaryl/α,β-unsaturated/α-hetero) is 1. The van der Waals surface area contributed by atoms with Crippen molar-refractivity contribution in [2.24, 2.45) is 0 Å². The van der Waals surface area contributed by atoms with Gasteiger partial charge >= 0.3 is 18.1 Å². The number of carbonyl (C=O) groups excluding carboxylic acids is 3. The quantitative estimate of drug-likeness (QED) is 0.227. The number of ether oxygens (including phenoxy) is 3. The minimum absolute atomic E-state index is 0.0363. The fraction of sp³-hybridized carbons (Fsp3) is 0.348. The van der Waals surface area contributed by atoms with Crippen molar-refractivity contribution in [3.8, 4) is 17.2 Å². The van der Waals surface area contributed by atoms with Gasteiger partial charge in [-0.05, 0) is 37.6 Å². The molecule has 1 amide bonds. The second kappa shape index (κ2) is 11.9. The van der Waals surface area contributed by atoms with Gasteiger partial charge in [0.05, 0.1) is 31.6 Å². The maximum absolute atomic E-state index is 12.7. The van der Waals surface area contributed by atoms with Crippen LogP contribution in [-0.4, -0.2) is 49.3 Å². The van der Waals surface area contributed by atoms with Crippen molar-refractivity contribution in [2.75, 3.05) is 25.6 Å². The average molecular weight is 483 g/mol. The van der Waals surface area contributed by atoms with E-state index < -0.39 is 42.4 Å². The molecule has 0 aliphatic carbocycles. The number of anilines is 1. The fourth-order valence-corrected chi connectivity index (χ4v) is 2.93. The molecule has 0 spiro atoms. The Hall–Kier alpha value is -3.76. The van der Waals surface area contributed by atoms with Crippen LogP contribution in [0.25, 0.3) is 0 Å². The molecule has 0 saturated carbocycles. The van der Waals surface area contributed by atoms with Crippen LogP contribution < -0.4 is 14.8 Å². The molecular formula is C23H24F3NO7. The second-order valence-corrected chi connectivity index (χ2v) is 7.10. The van der Waals surface area contributed by atoms with Crippen molar-refractivity contribution in [1.29, 1.82) is 0 Å². The van der Waals surface area contributed by atoms with Gasteiger partial charge in [-0.15, -0.1) is 0 Å².